The van der Waals surface area contributed by atoms with Gasteiger partial charge in [-0.15, -0.1) is 0 Å². The van der Waals surface area contributed by atoms with E-state index < -0.39 is 0 Å². The molecule has 2 fully saturated rings. The molecule has 2 heterocycles. The minimum absolute atomic E-state index is 0.100. The number of nitrogens with one attached hydrogen (secondary N) is 1. The Bertz CT molecular complexity index is 234. The van der Waals surface area contributed by atoms with Crippen LogP contribution in [0.2, 0.25) is 0 Å². The van der Waals surface area contributed by atoms with Gasteiger partial charge in [0, 0.05) is 12.6 Å². The van der Waals surface area contributed by atoms with Gasteiger partial charge in [0.25, 0.3) is 0 Å². The zero-order valence-electron chi connectivity index (χ0n) is 10.4. The van der Waals surface area contributed by atoms with Crippen molar-refractivity contribution in [3.63, 3.8) is 0 Å². The Labute approximate surface area is 98.6 Å². The van der Waals surface area contributed by atoms with Gasteiger partial charge in [0.05, 0.1) is 6.04 Å². The Kier molecular flexibility index (Phi) is 4.22. The summed E-state index contributed by atoms with van der Waals surface area (Å²) in [4.78, 5) is 14.5. The molecule has 0 spiro atoms. The van der Waals surface area contributed by atoms with Crippen molar-refractivity contribution in [3.05, 3.63) is 0 Å². The van der Waals surface area contributed by atoms with Gasteiger partial charge in [-0.05, 0) is 45.6 Å². The molecule has 3 nitrogen and oxygen atoms in total. The van der Waals surface area contributed by atoms with Gasteiger partial charge in [0.1, 0.15) is 0 Å². The molecule has 2 aliphatic rings. The second-order valence-corrected chi connectivity index (χ2v) is 5.23. The van der Waals surface area contributed by atoms with Gasteiger partial charge in [0.2, 0.25) is 5.91 Å². The zero-order valence-corrected chi connectivity index (χ0v) is 10.4. The number of hydrogen-bond donors (Lipinski definition) is 1. The molecule has 16 heavy (non-hydrogen) atoms. The Morgan fingerprint density at radius 1 is 1.12 bits per heavy atom. The van der Waals surface area contributed by atoms with E-state index in [1.807, 2.05) is 0 Å². The monoisotopic (exact) mass is 224 g/mol. The number of carbonyl (C=O) groups is 1. The summed E-state index contributed by atoms with van der Waals surface area (Å²) in [7, 11) is 0. The summed E-state index contributed by atoms with van der Waals surface area (Å²) in [6, 6.07) is 0.550. The molecule has 2 saturated heterocycles. The Hall–Kier alpha value is -0.570. The first-order valence-corrected chi connectivity index (χ1v) is 6.83. The van der Waals surface area contributed by atoms with Crippen molar-refractivity contribution in [3.8, 4) is 0 Å². The highest BCUT2D eigenvalue weighted by molar-refractivity contribution is 5.82. The summed E-state index contributed by atoms with van der Waals surface area (Å²) in [5, 5.41) is 3.41. The molecular formula is C13H24N2O. The lowest BCUT2D eigenvalue weighted by Gasteiger charge is -2.36. The second-order valence-electron chi connectivity index (χ2n) is 5.23. The third kappa shape index (κ3) is 2.76. The SMILES string of the molecule is CC1CCCCN1C(=O)C1CCCCCN1. The fourth-order valence-corrected chi connectivity index (χ4v) is 2.87. The molecule has 0 aromatic heterocycles. The molecule has 0 radical (unpaired) electrons. The first kappa shape index (κ1) is 11.9. The van der Waals surface area contributed by atoms with Crippen molar-refractivity contribution < 1.29 is 4.79 Å². The molecule has 0 aliphatic carbocycles. The van der Waals surface area contributed by atoms with Crippen molar-refractivity contribution >= 4 is 5.91 Å². The summed E-state index contributed by atoms with van der Waals surface area (Å²) in [5.41, 5.74) is 0. The lowest BCUT2D eigenvalue weighted by Crippen LogP contribution is -2.51. The number of carbonyl (C=O) groups excluding carboxylic acids is 1. The highest BCUT2D eigenvalue weighted by Crippen LogP contribution is 2.19. The van der Waals surface area contributed by atoms with Crippen LogP contribution in [0, 0.1) is 0 Å². The standard InChI is InChI=1S/C13H24N2O/c1-11-7-4-6-10-15(11)13(16)12-8-3-2-5-9-14-12/h11-12,14H,2-10H2,1H3. The molecule has 0 bridgehead atoms. The normalized spacial score (nSPS) is 32.2. The van der Waals surface area contributed by atoms with Crippen LogP contribution in [-0.4, -0.2) is 36.0 Å². The lowest BCUT2D eigenvalue weighted by molar-refractivity contribution is -0.136. The van der Waals surface area contributed by atoms with Crippen molar-refractivity contribution in [2.45, 2.75) is 64.0 Å². The minimum Gasteiger partial charge on any atom is -0.339 e. The van der Waals surface area contributed by atoms with E-state index in [0.29, 0.717) is 11.9 Å². The van der Waals surface area contributed by atoms with Crippen molar-refractivity contribution in [2.24, 2.45) is 0 Å². The van der Waals surface area contributed by atoms with Gasteiger partial charge >= 0.3 is 0 Å². The van der Waals surface area contributed by atoms with Crippen LogP contribution in [0.3, 0.4) is 0 Å². The largest absolute Gasteiger partial charge is 0.339 e. The maximum Gasteiger partial charge on any atom is 0.239 e. The van der Waals surface area contributed by atoms with E-state index in [1.54, 1.807) is 0 Å². The molecular weight excluding hydrogens is 200 g/mol. The van der Waals surface area contributed by atoms with Crippen LogP contribution in [0.25, 0.3) is 0 Å². The maximum absolute atomic E-state index is 12.4. The molecule has 0 aromatic carbocycles. The van der Waals surface area contributed by atoms with Crippen LogP contribution in [0.4, 0.5) is 0 Å². The molecule has 2 rings (SSSR count). The molecule has 2 aliphatic heterocycles. The fraction of sp³-hybridized carbons (Fsp3) is 0.923. The van der Waals surface area contributed by atoms with Gasteiger partial charge in [-0.3, -0.25) is 4.79 Å². The summed E-state index contributed by atoms with van der Waals surface area (Å²) >= 11 is 0. The van der Waals surface area contributed by atoms with Gasteiger partial charge < -0.3 is 10.2 Å². The smallest absolute Gasteiger partial charge is 0.239 e. The fourth-order valence-electron chi connectivity index (χ4n) is 2.87. The van der Waals surface area contributed by atoms with Gasteiger partial charge in [-0.25, -0.2) is 0 Å². The van der Waals surface area contributed by atoms with E-state index in [-0.39, 0.29) is 6.04 Å². The molecule has 2 atom stereocenters. The molecule has 0 saturated carbocycles. The quantitative estimate of drug-likeness (QED) is 0.738. The second kappa shape index (κ2) is 5.67. The van der Waals surface area contributed by atoms with Crippen LogP contribution in [0.1, 0.15) is 51.9 Å². The number of likely N-dealkylation sites (tertiary alicyclic amines) is 1. The van der Waals surface area contributed by atoms with E-state index in [9.17, 15) is 4.79 Å². The van der Waals surface area contributed by atoms with Crippen molar-refractivity contribution in [1.82, 2.24) is 10.2 Å². The number of amides is 1. The van der Waals surface area contributed by atoms with E-state index >= 15 is 0 Å². The van der Waals surface area contributed by atoms with E-state index in [0.717, 1.165) is 19.5 Å². The van der Waals surface area contributed by atoms with Gasteiger partial charge in [-0.2, -0.15) is 0 Å². The van der Waals surface area contributed by atoms with E-state index in [4.69, 9.17) is 0 Å². The average molecular weight is 224 g/mol. The number of nitrogens with zero attached hydrogens (tertiary/aromatic N) is 1. The van der Waals surface area contributed by atoms with Gasteiger partial charge in [0.15, 0.2) is 0 Å². The molecule has 1 N–H and O–H groups in total. The highest BCUT2D eigenvalue weighted by Gasteiger charge is 2.29. The summed E-state index contributed by atoms with van der Waals surface area (Å²) in [6.45, 7) is 4.17. The molecule has 1 amide bonds. The number of hydrogen-bond acceptors (Lipinski definition) is 2. The number of piperidine rings is 1. The van der Waals surface area contributed by atoms with Crippen molar-refractivity contribution in [2.75, 3.05) is 13.1 Å². The van der Waals surface area contributed by atoms with Gasteiger partial charge in [-0.1, -0.05) is 12.8 Å². The molecule has 2 unspecified atom stereocenters. The van der Waals surface area contributed by atoms with Crippen LogP contribution in [-0.2, 0) is 4.79 Å². The first-order chi connectivity index (χ1) is 7.79. The minimum atomic E-state index is 0.100. The van der Waals surface area contributed by atoms with Crippen LogP contribution in [0.5, 0.6) is 0 Å². The average Bonchev–Trinajstić information content (AvgIpc) is 2.57. The van der Waals surface area contributed by atoms with E-state index in [1.165, 1.54) is 38.5 Å². The zero-order chi connectivity index (χ0) is 11.4. The first-order valence-electron chi connectivity index (χ1n) is 6.83. The van der Waals surface area contributed by atoms with Crippen LogP contribution >= 0.6 is 0 Å². The summed E-state index contributed by atoms with van der Waals surface area (Å²) in [5.74, 6) is 0.356. The number of rotatable bonds is 1. The topological polar surface area (TPSA) is 32.3 Å². The molecule has 92 valence electrons. The Morgan fingerprint density at radius 2 is 1.94 bits per heavy atom. The lowest BCUT2D eigenvalue weighted by atomic mass is 10.0. The third-order valence-corrected chi connectivity index (χ3v) is 3.94. The van der Waals surface area contributed by atoms with Crippen molar-refractivity contribution in [1.29, 1.82) is 0 Å². The molecule has 0 aromatic rings. The van der Waals surface area contributed by atoms with Crippen LogP contribution in [0.15, 0.2) is 0 Å². The predicted octanol–water partition coefficient (Wildman–Crippen LogP) is 1.92. The maximum atomic E-state index is 12.4. The Morgan fingerprint density at radius 3 is 2.75 bits per heavy atom. The Balaban J connectivity index is 1.93. The summed E-state index contributed by atoms with van der Waals surface area (Å²) < 4.78 is 0. The summed E-state index contributed by atoms with van der Waals surface area (Å²) in [6.07, 6.45) is 8.36. The van der Waals surface area contributed by atoms with Crippen LogP contribution < -0.4 is 5.32 Å². The van der Waals surface area contributed by atoms with E-state index in [2.05, 4.69) is 17.1 Å². The predicted molar refractivity (Wildman–Crippen MR) is 65.3 cm³/mol. The third-order valence-electron chi connectivity index (χ3n) is 3.94. The highest BCUT2D eigenvalue weighted by atomic mass is 16.2. The molecule has 3 heteroatoms.